The number of amides is 1. The normalized spacial score (nSPS) is 17.3. The van der Waals surface area contributed by atoms with Gasteiger partial charge in [0.15, 0.2) is 5.17 Å². The lowest BCUT2D eigenvalue weighted by atomic mass is 9.84. The van der Waals surface area contributed by atoms with E-state index < -0.39 is 10.0 Å². The van der Waals surface area contributed by atoms with Crippen molar-refractivity contribution in [1.82, 2.24) is 5.32 Å². The van der Waals surface area contributed by atoms with E-state index in [-0.39, 0.29) is 17.1 Å². The molecule has 1 amide bonds. The molecule has 0 aromatic heterocycles. The molecule has 0 atom stereocenters. The summed E-state index contributed by atoms with van der Waals surface area (Å²) in [5.74, 6) is -0.173. The molecule has 0 unspecified atom stereocenters. The van der Waals surface area contributed by atoms with Crippen LogP contribution in [0.2, 0.25) is 5.02 Å². The van der Waals surface area contributed by atoms with Crippen LogP contribution in [0.25, 0.3) is 0 Å². The van der Waals surface area contributed by atoms with Gasteiger partial charge in [0.05, 0.1) is 11.4 Å². The lowest BCUT2D eigenvalue weighted by molar-refractivity contribution is 0.0945. The number of hydrogen-bond acceptors (Lipinski definition) is 5. The first-order valence-corrected chi connectivity index (χ1v) is 11.9. The van der Waals surface area contributed by atoms with Gasteiger partial charge >= 0.3 is 0 Å². The Hall–Kier alpha value is -2.03. The lowest BCUT2D eigenvalue weighted by Gasteiger charge is -2.26. The number of hydrogen-bond donors (Lipinski definition) is 1. The van der Waals surface area contributed by atoms with Gasteiger partial charge in [-0.15, -0.1) is 4.40 Å². The summed E-state index contributed by atoms with van der Waals surface area (Å²) in [5, 5.41) is 4.13. The van der Waals surface area contributed by atoms with Gasteiger partial charge in [0.1, 0.15) is 0 Å². The third-order valence-electron chi connectivity index (χ3n) is 5.05. The fourth-order valence-electron chi connectivity index (χ4n) is 3.28. The molecule has 0 radical (unpaired) electrons. The van der Waals surface area contributed by atoms with Crippen LogP contribution in [-0.2, 0) is 15.4 Å². The first-order valence-electron chi connectivity index (χ1n) is 9.11. The Labute approximate surface area is 179 Å². The monoisotopic (exact) mass is 449 g/mol. The topological polar surface area (TPSA) is 78.8 Å². The number of carbonyl (C=O) groups excluding carboxylic acids is 1. The Morgan fingerprint density at radius 2 is 1.97 bits per heavy atom. The van der Waals surface area contributed by atoms with Crippen LogP contribution in [0.1, 0.15) is 29.8 Å². The number of benzene rings is 2. The van der Waals surface area contributed by atoms with Crippen LogP contribution in [-0.4, -0.2) is 38.3 Å². The van der Waals surface area contributed by atoms with Crippen molar-refractivity contribution >= 4 is 50.1 Å². The Kier molecular flexibility index (Phi) is 5.13. The highest BCUT2D eigenvalue weighted by Gasteiger charge is 2.33. The number of rotatable bonds is 4. The minimum absolute atomic E-state index is 0.00147. The molecular weight excluding hydrogens is 430 g/mol. The maximum absolute atomic E-state index is 12.7. The van der Waals surface area contributed by atoms with Gasteiger partial charge in [0.2, 0.25) is 0 Å². The highest BCUT2D eigenvalue weighted by molar-refractivity contribution is 8.15. The molecule has 29 heavy (non-hydrogen) atoms. The lowest BCUT2D eigenvalue weighted by Crippen LogP contribution is -2.36. The molecule has 2 heterocycles. The standard InChI is InChI=1S/C20H20ClN3O3S2/c1-20(2,14-4-6-15(21)7-5-14)12-22-18(25)13-3-8-16-17(11-13)28-19-23-29(26,27)10-9-24(16)19/h3-8,11H,9-10,12H2,1-2H3,(H,22,25). The van der Waals surface area contributed by atoms with Gasteiger partial charge in [-0.25, -0.2) is 8.42 Å². The molecule has 0 spiro atoms. The van der Waals surface area contributed by atoms with Crippen LogP contribution in [0.15, 0.2) is 51.8 Å². The number of amidine groups is 1. The molecule has 6 nitrogen and oxygen atoms in total. The minimum atomic E-state index is -3.40. The van der Waals surface area contributed by atoms with E-state index in [0.29, 0.717) is 28.8 Å². The zero-order valence-corrected chi connectivity index (χ0v) is 18.4. The molecule has 0 aliphatic carbocycles. The van der Waals surface area contributed by atoms with Crippen molar-refractivity contribution in [2.75, 3.05) is 23.7 Å². The van der Waals surface area contributed by atoms with E-state index in [1.807, 2.05) is 35.2 Å². The molecule has 2 aromatic carbocycles. The minimum Gasteiger partial charge on any atom is -0.351 e. The third-order valence-corrected chi connectivity index (χ3v) is 7.61. The number of thioether (sulfide) groups is 1. The summed E-state index contributed by atoms with van der Waals surface area (Å²) in [7, 11) is -3.40. The van der Waals surface area contributed by atoms with Crippen LogP contribution >= 0.6 is 23.4 Å². The second-order valence-corrected chi connectivity index (χ2v) is 10.9. The second-order valence-electron chi connectivity index (χ2n) is 7.67. The Morgan fingerprint density at radius 1 is 1.24 bits per heavy atom. The summed E-state index contributed by atoms with van der Waals surface area (Å²) >= 11 is 7.24. The second kappa shape index (κ2) is 7.34. The Morgan fingerprint density at radius 3 is 2.69 bits per heavy atom. The van der Waals surface area contributed by atoms with Gasteiger partial charge in [-0.1, -0.05) is 37.6 Å². The van der Waals surface area contributed by atoms with Gasteiger partial charge in [0.25, 0.3) is 15.9 Å². The number of carbonyl (C=O) groups is 1. The van der Waals surface area contributed by atoms with Crippen LogP contribution in [0.4, 0.5) is 5.69 Å². The summed E-state index contributed by atoms with van der Waals surface area (Å²) in [6.45, 7) is 4.97. The van der Waals surface area contributed by atoms with Crippen LogP contribution < -0.4 is 10.2 Å². The van der Waals surface area contributed by atoms with Crippen molar-refractivity contribution in [3.05, 3.63) is 58.6 Å². The van der Waals surface area contributed by atoms with Crippen molar-refractivity contribution in [3.63, 3.8) is 0 Å². The van der Waals surface area contributed by atoms with Crippen LogP contribution in [0.3, 0.4) is 0 Å². The summed E-state index contributed by atoms with van der Waals surface area (Å²) in [5.41, 5.74) is 2.26. The third kappa shape index (κ3) is 4.15. The highest BCUT2D eigenvalue weighted by Crippen LogP contribution is 2.42. The fraction of sp³-hybridized carbons (Fsp3) is 0.300. The summed E-state index contributed by atoms with van der Waals surface area (Å²) < 4.78 is 27.3. The number of nitrogens with one attached hydrogen (secondary N) is 1. The van der Waals surface area contributed by atoms with Gasteiger partial charge in [-0.2, -0.15) is 0 Å². The van der Waals surface area contributed by atoms with Gasteiger partial charge in [-0.05, 0) is 47.7 Å². The SMILES string of the molecule is CC(C)(CNC(=O)c1ccc2c(c1)SC1=NS(=O)(=O)CCN12)c1ccc(Cl)cc1. The Bertz CT molecular complexity index is 1110. The number of halogens is 1. The first kappa shape index (κ1) is 20.3. The van der Waals surface area contributed by atoms with Crippen molar-refractivity contribution in [2.45, 2.75) is 24.2 Å². The van der Waals surface area contributed by atoms with Gasteiger partial charge < -0.3 is 10.2 Å². The van der Waals surface area contributed by atoms with Gasteiger partial charge in [0, 0.05) is 34.0 Å². The van der Waals surface area contributed by atoms with Crippen LogP contribution in [0, 0.1) is 0 Å². The average Bonchev–Trinajstić information content (AvgIpc) is 3.01. The number of nitrogens with zero attached hydrogens (tertiary/aromatic N) is 2. The molecule has 1 N–H and O–H groups in total. The van der Waals surface area contributed by atoms with Crippen molar-refractivity contribution in [1.29, 1.82) is 0 Å². The molecule has 0 bridgehead atoms. The maximum Gasteiger partial charge on any atom is 0.257 e. The van der Waals surface area contributed by atoms with E-state index in [1.165, 1.54) is 11.8 Å². The van der Waals surface area contributed by atoms with E-state index in [4.69, 9.17) is 11.6 Å². The van der Waals surface area contributed by atoms with Crippen LogP contribution in [0.5, 0.6) is 0 Å². The zero-order valence-electron chi connectivity index (χ0n) is 16.0. The number of anilines is 1. The number of fused-ring (bicyclic) bond motifs is 3. The molecule has 2 aromatic rings. The predicted octanol–water partition coefficient (Wildman–Crippen LogP) is 3.66. The first-order chi connectivity index (χ1) is 13.6. The zero-order chi connectivity index (χ0) is 20.8. The van der Waals surface area contributed by atoms with E-state index >= 15 is 0 Å². The largest absolute Gasteiger partial charge is 0.351 e. The van der Waals surface area contributed by atoms with E-state index in [1.54, 1.807) is 12.1 Å². The van der Waals surface area contributed by atoms with Crippen molar-refractivity contribution in [2.24, 2.45) is 4.40 Å². The molecule has 4 rings (SSSR count). The Balaban J connectivity index is 1.48. The van der Waals surface area contributed by atoms with E-state index in [2.05, 4.69) is 23.6 Å². The summed E-state index contributed by atoms with van der Waals surface area (Å²) in [4.78, 5) is 15.4. The average molecular weight is 450 g/mol. The smallest absolute Gasteiger partial charge is 0.257 e. The van der Waals surface area contributed by atoms with E-state index in [9.17, 15) is 13.2 Å². The molecule has 0 saturated carbocycles. The molecular formula is C20H20ClN3O3S2. The van der Waals surface area contributed by atoms with Crippen molar-refractivity contribution < 1.29 is 13.2 Å². The quantitative estimate of drug-likeness (QED) is 0.770. The molecule has 0 saturated heterocycles. The summed E-state index contributed by atoms with van der Waals surface area (Å²) in [6.07, 6.45) is 0. The number of sulfonamides is 1. The highest BCUT2D eigenvalue weighted by atomic mass is 35.5. The fourth-order valence-corrected chi connectivity index (χ4v) is 5.70. The van der Waals surface area contributed by atoms with Gasteiger partial charge in [-0.3, -0.25) is 4.79 Å². The van der Waals surface area contributed by atoms with Crippen molar-refractivity contribution in [3.8, 4) is 0 Å². The molecule has 2 aliphatic heterocycles. The summed E-state index contributed by atoms with van der Waals surface area (Å²) in [6, 6.07) is 13.0. The van der Waals surface area contributed by atoms with E-state index in [0.717, 1.165) is 16.1 Å². The molecule has 152 valence electrons. The molecule has 0 fully saturated rings. The maximum atomic E-state index is 12.7. The molecule has 2 aliphatic rings. The predicted molar refractivity (Wildman–Crippen MR) is 118 cm³/mol. The molecule has 9 heteroatoms.